The molecule has 1 fully saturated rings. The summed E-state index contributed by atoms with van der Waals surface area (Å²) in [5, 5.41) is 0.150. The summed E-state index contributed by atoms with van der Waals surface area (Å²) in [6.07, 6.45) is 1.19. The number of hydrogen-bond acceptors (Lipinski definition) is 5. The molecule has 1 aromatic rings. The normalized spacial score (nSPS) is 19.8. The molecule has 0 bridgehead atoms. The first kappa shape index (κ1) is 15.0. The fourth-order valence-electron chi connectivity index (χ4n) is 1.92. The van der Waals surface area contributed by atoms with Crippen LogP contribution in [0.25, 0.3) is 0 Å². The van der Waals surface area contributed by atoms with Crippen LogP contribution in [0.5, 0.6) is 0 Å². The van der Waals surface area contributed by atoms with Gasteiger partial charge in [0.15, 0.2) is 0 Å². The van der Waals surface area contributed by atoms with Gasteiger partial charge in [0, 0.05) is 12.7 Å². The Labute approximate surface area is 123 Å². The average Bonchev–Trinajstić information content (AvgIpc) is 2.37. The van der Waals surface area contributed by atoms with Crippen LogP contribution in [0.3, 0.4) is 0 Å². The van der Waals surface area contributed by atoms with Crippen molar-refractivity contribution in [3.05, 3.63) is 23.2 Å². The van der Waals surface area contributed by atoms with Crippen molar-refractivity contribution in [3.63, 3.8) is 0 Å². The zero-order valence-electron chi connectivity index (χ0n) is 11.8. The van der Waals surface area contributed by atoms with E-state index in [9.17, 15) is 4.79 Å². The molecular weight excluding hydrogens is 282 g/mol. The maximum absolute atomic E-state index is 12.3. The Hall–Kier alpha value is -1.40. The van der Waals surface area contributed by atoms with Crippen molar-refractivity contribution in [3.8, 4) is 0 Å². The predicted octanol–water partition coefficient (Wildman–Crippen LogP) is 2.44. The van der Waals surface area contributed by atoms with E-state index in [1.807, 2.05) is 20.8 Å². The van der Waals surface area contributed by atoms with Crippen molar-refractivity contribution in [1.82, 2.24) is 14.9 Å². The molecule has 0 N–H and O–H groups in total. The first-order valence-corrected chi connectivity index (χ1v) is 6.80. The highest BCUT2D eigenvalue weighted by Crippen LogP contribution is 2.25. The Morgan fingerprint density at radius 1 is 1.55 bits per heavy atom. The fraction of sp³-hybridized carbons (Fsp3) is 0.615. The molecule has 1 atom stereocenters. The highest BCUT2D eigenvalue weighted by molar-refractivity contribution is 6.28. The van der Waals surface area contributed by atoms with Gasteiger partial charge in [-0.25, -0.2) is 14.8 Å². The quantitative estimate of drug-likeness (QED) is 0.745. The van der Waals surface area contributed by atoms with Crippen molar-refractivity contribution in [2.45, 2.75) is 32.4 Å². The van der Waals surface area contributed by atoms with E-state index in [-0.39, 0.29) is 17.4 Å². The van der Waals surface area contributed by atoms with Gasteiger partial charge in [-0.1, -0.05) is 0 Å². The zero-order chi connectivity index (χ0) is 14.8. The minimum Gasteiger partial charge on any atom is -0.444 e. The maximum Gasteiger partial charge on any atom is 0.411 e. The summed E-state index contributed by atoms with van der Waals surface area (Å²) < 4.78 is 10.8. The van der Waals surface area contributed by atoms with E-state index in [4.69, 9.17) is 21.1 Å². The number of hydrogen-bond donors (Lipinski definition) is 0. The number of morpholine rings is 1. The van der Waals surface area contributed by atoms with Gasteiger partial charge in [0.1, 0.15) is 11.6 Å². The summed E-state index contributed by atoms with van der Waals surface area (Å²) >= 11 is 5.80. The molecular formula is C13H18ClN3O3. The zero-order valence-corrected chi connectivity index (χ0v) is 12.6. The van der Waals surface area contributed by atoms with Crippen molar-refractivity contribution in [2.24, 2.45) is 0 Å². The molecule has 1 aromatic heterocycles. The van der Waals surface area contributed by atoms with E-state index < -0.39 is 5.60 Å². The predicted molar refractivity (Wildman–Crippen MR) is 73.5 cm³/mol. The van der Waals surface area contributed by atoms with E-state index in [0.29, 0.717) is 25.5 Å². The molecule has 0 radical (unpaired) electrons. The molecule has 110 valence electrons. The van der Waals surface area contributed by atoms with Crippen molar-refractivity contribution in [1.29, 1.82) is 0 Å². The van der Waals surface area contributed by atoms with Crippen LogP contribution in [0.15, 0.2) is 12.3 Å². The molecule has 0 spiro atoms. The molecule has 1 aliphatic heterocycles. The van der Waals surface area contributed by atoms with Crippen LogP contribution in [0.4, 0.5) is 4.79 Å². The van der Waals surface area contributed by atoms with Crippen LogP contribution in [-0.4, -0.2) is 46.3 Å². The first-order chi connectivity index (χ1) is 9.37. The number of halogens is 1. The van der Waals surface area contributed by atoms with Crippen molar-refractivity contribution < 1.29 is 14.3 Å². The number of carbonyl (C=O) groups is 1. The molecule has 1 saturated heterocycles. The van der Waals surface area contributed by atoms with Gasteiger partial charge in [0.2, 0.25) is 5.28 Å². The molecule has 2 rings (SSSR count). The fourth-order valence-corrected chi connectivity index (χ4v) is 2.08. The number of nitrogens with zero attached hydrogens (tertiary/aromatic N) is 3. The number of carbonyl (C=O) groups excluding carboxylic acids is 1. The van der Waals surface area contributed by atoms with Crippen LogP contribution < -0.4 is 0 Å². The lowest BCUT2D eigenvalue weighted by Gasteiger charge is -2.36. The van der Waals surface area contributed by atoms with Crippen LogP contribution in [0.1, 0.15) is 32.5 Å². The second-order valence-corrected chi connectivity index (χ2v) is 5.85. The number of ether oxygens (including phenoxy) is 2. The second-order valence-electron chi connectivity index (χ2n) is 5.51. The smallest absolute Gasteiger partial charge is 0.411 e. The molecule has 1 aliphatic rings. The summed E-state index contributed by atoms with van der Waals surface area (Å²) in [6.45, 7) is 6.81. The first-order valence-electron chi connectivity index (χ1n) is 6.42. The van der Waals surface area contributed by atoms with Crippen LogP contribution >= 0.6 is 11.6 Å². The van der Waals surface area contributed by atoms with Gasteiger partial charge < -0.3 is 9.47 Å². The third-order valence-electron chi connectivity index (χ3n) is 2.75. The summed E-state index contributed by atoms with van der Waals surface area (Å²) in [4.78, 5) is 21.9. The van der Waals surface area contributed by atoms with E-state index >= 15 is 0 Å². The Kier molecular flexibility index (Phi) is 4.45. The lowest BCUT2D eigenvalue weighted by atomic mass is 10.1. The summed E-state index contributed by atoms with van der Waals surface area (Å²) in [7, 11) is 0. The van der Waals surface area contributed by atoms with Gasteiger partial charge in [-0.3, -0.25) is 4.90 Å². The van der Waals surface area contributed by atoms with Gasteiger partial charge >= 0.3 is 6.09 Å². The molecule has 20 heavy (non-hydrogen) atoms. The Balaban J connectivity index is 2.19. The monoisotopic (exact) mass is 299 g/mol. The third-order valence-corrected chi connectivity index (χ3v) is 2.93. The standard InChI is InChI=1S/C13H18ClN3O3/c1-13(2,3)20-12(18)17-6-7-19-8-10(17)9-4-5-15-11(14)16-9/h4-5,10H,6-8H2,1-3H3. The Morgan fingerprint density at radius 3 is 2.95 bits per heavy atom. The summed E-state index contributed by atoms with van der Waals surface area (Å²) in [5.41, 5.74) is 0.110. The van der Waals surface area contributed by atoms with Gasteiger partial charge in [-0.15, -0.1) is 0 Å². The topological polar surface area (TPSA) is 64.5 Å². The molecule has 0 aromatic carbocycles. The Morgan fingerprint density at radius 2 is 2.30 bits per heavy atom. The van der Waals surface area contributed by atoms with Gasteiger partial charge in [-0.05, 0) is 38.4 Å². The molecule has 1 amide bonds. The van der Waals surface area contributed by atoms with Crippen LogP contribution in [-0.2, 0) is 9.47 Å². The molecule has 6 nitrogen and oxygen atoms in total. The van der Waals surface area contributed by atoms with E-state index in [1.165, 1.54) is 0 Å². The lowest BCUT2D eigenvalue weighted by Crippen LogP contribution is -2.46. The lowest BCUT2D eigenvalue weighted by molar-refractivity contribution is -0.0340. The summed E-state index contributed by atoms with van der Waals surface area (Å²) in [5.74, 6) is 0. The third kappa shape index (κ3) is 3.80. The SMILES string of the molecule is CC(C)(C)OC(=O)N1CCOCC1c1ccnc(Cl)n1. The second kappa shape index (κ2) is 5.93. The number of rotatable bonds is 1. The van der Waals surface area contributed by atoms with Gasteiger partial charge in [0.05, 0.1) is 18.9 Å². The molecule has 1 unspecified atom stereocenters. The van der Waals surface area contributed by atoms with E-state index in [1.54, 1.807) is 17.2 Å². The summed E-state index contributed by atoms with van der Waals surface area (Å²) in [6, 6.07) is 1.42. The largest absolute Gasteiger partial charge is 0.444 e. The molecule has 7 heteroatoms. The molecule has 2 heterocycles. The van der Waals surface area contributed by atoms with Crippen LogP contribution in [0.2, 0.25) is 5.28 Å². The van der Waals surface area contributed by atoms with Crippen molar-refractivity contribution >= 4 is 17.7 Å². The van der Waals surface area contributed by atoms with Crippen LogP contribution in [0, 0.1) is 0 Å². The highest BCUT2D eigenvalue weighted by Gasteiger charge is 2.32. The van der Waals surface area contributed by atoms with E-state index in [2.05, 4.69) is 9.97 Å². The van der Waals surface area contributed by atoms with Gasteiger partial charge in [0.25, 0.3) is 0 Å². The van der Waals surface area contributed by atoms with Crippen molar-refractivity contribution in [2.75, 3.05) is 19.8 Å². The number of amides is 1. The minimum atomic E-state index is -0.538. The maximum atomic E-state index is 12.3. The Bertz CT molecular complexity index is 490. The highest BCUT2D eigenvalue weighted by atomic mass is 35.5. The molecule has 0 saturated carbocycles. The van der Waals surface area contributed by atoms with E-state index in [0.717, 1.165) is 0 Å². The average molecular weight is 300 g/mol. The number of aromatic nitrogens is 2. The minimum absolute atomic E-state index is 0.150. The van der Waals surface area contributed by atoms with Gasteiger partial charge in [-0.2, -0.15) is 0 Å². The molecule has 0 aliphatic carbocycles.